The van der Waals surface area contributed by atoms with E-state index in [1.807, 2.05) is 6.07 Å². The summed E-state index contributed by atoms with van der Waals surface area (Å²) in [5.41, 5.74) is 5.51. The number of nitrogens with zero attached hydrogens (tertiary/aromatic N) is 2. The first kappa shape index (κ1) is 31.5. The minimum Gasteiger partial charge on any atom is -0.479 e. The third-order valence-electron chi connectivity index (χ3n) is 6.15. The third kappa shape index (κ3) is 8.67. The molecule has 0 aliphatic carbocycles. The molecule has 38 heavy (non-hydrogen) atoms. The highest BCUT2D eigenvalue weighted by Gasteiger charge is 2.36. The molecule has 7 N–H and O–H groups in total. The Morgan fingerprint density at radius 3 is 2.24 bits per heavy atom. The summed E-state index contributed by atoms with van der Waals surface area (Å²) in [4.78, 5) is 38.8. The number of fused-ring (bicyclic) bond motifs is 1. The molecule has 2 heterocycles. The molecule has 0 amide bonds. The zero-order valence-electron chi connectivity index (χ0n) is 21.1. The van der Waals surface area contributed by atoms with Crippen molar-refractivity contribution in [3.8, 4) is 0 Å². The van der Waals surface area contributed by atoms with Crippen LogP contribution in [0.15, 0.2) is 28.9 Å². The van der Waals surface area contributed by atoms with Crippen LogP contribution >= 0.6 is 15.9 Å². The zero-order valence-corrected chi connectivity index (χ0v) is 22.7. The second-order valence-electron chi connectivity index (χ2n) is 9.95. The van der Waals surface area contributed by atoms with Gasteiger partial charge in [0, 0.05) is 47.7 Å². The van der Waals surface area contributed by atoms with Crippen LogP contribution in [0.1, 0.15) is 49.9 Å². The number of halogens is 2. The summed E-state index contributed by atoms with van der Waals surface area (Å²) in [5, 5.41) is 43.2. The number of anilines is 1. The second kappa shape index (κ2) is 12.9. The first-order valence-electron chi connectivity index (χ1n) is 11.9. The van der Waals surface area contributed by atoms with Gasteiger partial charge in [-0.2, -0.15) is 0 Å². The number of Topliss-reactive ketones (excluding diaryl/α,β-unsaturated/α-hetero) is 1. The number of aliphatic hydroxyl groups is 3. The lowest BCUT2D eigenvalue weighted by molar-refractivity contribution is -0.165. The van der Waals surface area contributed by atoms with E-state index in [0.29, 0.717) is 53.7 Å². The van der Waals surface area contributed by atoms with Gasteiger partial charge < -0.3 is 36.2 Å². The molecule has 1 saturated heterocycles. The first-order valence-corrected chi connectivity index (χ1v) is 12.7. The zero-order chi connectivity index (χ0) is 28.8. The molecule has 11 nitrogen and oxygen atoms in total. The van der Waals surface area contributed by atoms with E-state index in [1.54, 1.807) is 32.2 Å². The van der Waals surface area contributed by atoms with Crippen LogP contribution in [0.25, 0.3) is 10.9 Å². The van der Waals surface area contributed by atoms with Crippen molar-refractivity contribution in [2.45, 2.75) is 63.0 Å². The number of aliphatic hydroxyl groups excluding tert-OH is 2. The predicted molar refractivity (Wildman–Crippen MR) is 141 cm³/mol. The number of aliphatic carboxylic acids is 2. The number of rotatable bonds is 9. The number of hydrogen-bond donors (Lipinski definition) is 6. The fourth-order valence-corrected chi connectivity index (χ4v) is 4.55. The number of carboxylic acids is 2. The number of β-amino-alcohol motifs (C(OH)–C–C–N with tert-alkyl or cyclic N) is 1. The highest BCUT2D eigenvalue weighted by Crippen LogP contribution is 2.35. The van der Waals surface area contributed by atoms with E-state index in [2.05, 4.69) is 25.8 Å². The number of alkyl halides is 1. The average Bonchev–Trinajstić information content (AvgIpc) is 2.85. The van der Waals surface area contributed by atoms with Gasteiger partial charge in [-0.1, -0.05) is 0 Å². The molecular weight excluding hydrogens is 569 g/mol. The van der Waals surface area contributed by atoms with Crippen molar-refractivity contribution in [3.63, 3.8) is 0 Å². The molecule has 0 spiro atoms. The second-order valence-corrected chi connectivity index (χ2v) is 10.8. The number of carbonyl (C=O) groups excluding carboxylic acids is 1. The van der Waals surface area contributed by atoms with E-state index in [4.69, 9.17) is 26.2 Å². The molecule has 1 aromatic carbocycles. The van der Waals surface area contributed by atoms with Crippen molar-refractivity contribution in [1.82, 2.24) is 9.88 Å². The highest BCUT2D eigenvalue weighted by molar-refractivity contribution is 9.10. The van der Waals surface area contributed by atoms with Crippen molar-refractivity contribution in [2.75, 3.05) is 25.4 Å². The van der Waals surface area contributed by atoms with Gasteiger partial charge in [0.25, 0.3) is 0 Å². The first-order chi connectivity index (χ1) is 17.5. The Kier molecular flexibility index (Phi) is 10.7. The van der Waals surface area contributed by atoms with E-state index < -0.39 is 35.4 Å². The molecule has 2 unspecified atom stereocenters. The van der Waals surface area contributed by atoms with Gasteiger partial charge in [0.15, 0.2) is 18.0 Å². The molecule has 13 heteroatoms. The maximum atomic E-state index is 15.2. The summed E-state index contributed by atoms with van der Waals surface area (Å²) in [6.45, 7) is 5.22. The molecule has 2 atom stereocenters. The van der Waals surface area contributed by atoms with Gasteiger partial charge in [-0.05, 0) is 67.2 Å². The van der Waals surface area contributed by atoms with Crippen LogP contribution in [0.3, 0.4) is 0 Å². The van der Waals surface area contributed by atoms with Gasteiger partial charge in [0.2, 0.25) is 0 Å². The fourth-order valence-electron chi connectivity index (χ4n) is 4.10. The number of hydrogen-bond acceptors (Lipinski definition) is 9. The summed E-state index contributed by atoms with van der Waals surface area (Å²) < 4.78 is 15.9. The predicted octanol–water partition coefficient (Wildman–Crippen LogP) is 1.99. The van der Waals surface area contributed by atoms with E-state index in [0.717, 1.165) is 5.39 Å². The van der Waals surface area contributed by atoms with E-state index in [-0.39, 0.29) is 18.6 Å². The molecule has 1 fully saturated rings. The summed E-state index contributed by atoms with van der Waals surface area (Å²) in [6.07, 6.45) is -1.83. The van der Waals surface area contributed by atoms with Crippen LogP contribution in [-0.4, -0.2) is 96.3 Å². The number of likely N-dealkylation sites (tertiary alicyclic amines) is 1. The molecule has 1 aliphatic rings. The van der Waals surface area contributed by atoms with Gasteiger partial charge >= 0.3 is 11.9 Å². The van der Waals surface area contributed by atoms with Gasteiger partial charge in [0.05, 0.1) is 16.8 Å². The number of nitrogens with two attached hydrogens (primary N) is 1. The summed E-state index contributed by atoms with van der Waals surface area (Å²) in [6, 6.07) is 5.29. The molecule has 1 aliphatic heterocycles. The Morgan fingerprint density at radius 1 is 1.18 bits per heavy atom. The molecule has 210 valence electrons. The standard InChI is InChI=1S/C21H27BrFN3O2.C4H6O6/c1-20(2,28)13-26-10-7-21(23,8-11-26)6-5-17(27)15-12-16(22)18(24)14-4-3-9-25-19(14)15;5-1(3(7)8)2(6)4(9)10/h3-4,9,12,28H,5-8,10-11,13,24H2,1-2H3;1-2,5-6H,(H,7,8)(H,9,10). The molecule has 0 radical (unpaired) electrons. The maximum absolute atomic E-state index is 15.2. The van der Waals surface area contributed by atoms with E-state index in [1.165, 1.54) is 0 Å². The van der Waals surface area contributed by atoms with Gasteiger partial charge in [-0.3, -0.25) is 9.78 Å². The number of ketones is 1. The fraction of sp³-hybridized carbons (Fsp3) is 0.520. The average molecular weight is 602 g/mol. The van der Waals surface area contributed by atoms with Crippen molar-refractivity contribution >= 4 is 50.2 Å². The van der Waals surface area contributed by atoms with Crippen LogP contribution in [0.4, 0.5) is 10.1 Å². The van der Waals surface area contributed by atoms with Crippen LogP contribution in [0, 0.1) is 0 Å². The third-order valence-corrected chi connectivity index (χ3v) is 6.81. The minimum atomic E-state index is -2.27. The number of nitrogen functional groups attached to an aromatic ring is 1. The lowest BCUT2D eigenvalue weighted by Crippen LogP contribution is -2.47. The SMILES string of the molecule is CC(C)(O)CN1CCC(F)(CCC(=O)c2cc(Br)c(N)c3cccnc23)CC1.O=C(O)C(O)C(O)C(=O)O. The Hall–Kier alpha value is -2.71. The quantitative estimate of drug-likeness (QED) is 0.182. The topological polar surface area (TPSA) is 195 Å². The lowest BCUT2D eigenvalue weighted by Gasteiger charge is -2.38. The summed E-state index contributed by atoms with van der Waals surface area (Å²) >= 11 is 3.40. The largest absolute Gasteiger partial charge is 0.479 e. The number of piperidine rings is 1. The van der Waals surface area contributed by atoms with Crippen molar-refractivity contribution in [2.24, 2.45) is 0 Å². The maximum Gasteiger partial charge on any atom is 0.335 e. The van der Waals surface area contributed by atoms with Crippen molar-refractivity contribution in [3.05, 3.63) is 34.4 Å². The normalized spacial score (nSPS) is 17.2. The van der Waals surface area contributed by atoms with Gasteiger partial charge in [-0.15, -0.1) is 0 Å². The molecule has 1 aromatic heterocycles. The monoisotopic (exact) mass is 601 g/mol. The summed E-state index contributed by atoms with van der Waals surface area (Å²) in [7, 11) is 0. The van der Waals surface area contributed by atoms with Crippen LogP contribution in [0.2, 0.25) is 0 Å². The van der Waals surface area contributed by atoms with Crippen LogP contribution in [0.5, 0.6) is 0 Å². The molecular formula is C25H33BrFN3O8. The highest BCUT2D eigenvalue weighted by atomic mass is 79.9. The minimum absolute atomic E-state index is 0.125. The van der Waals surface area contributed by atoms with Gasteiger partial charge in [0.1, 0.15) is 5.67 Å². The van der Waals surface area contributed by atoms with Crippen LogP contribution in [-0.2, 0) is 9.59 Å². The number of carbonyl (C=O) groups is 3. The Bertz CT molecular complexity index is 1150. The Balaban J connectivity index is 0.000000432. The molecule has 2 aromatic rings. The lowest BCUT2D eigenvalue weighted by atomic mass is 9.86. The number of aromatic nitrogens is 1. The van der Waals surface area contributed by atoms with Gasteiger partial charge in [-0.25, -0.2) is 14.0 Å². The van der Waals surface area contributed by atoms with Crippen molar-refractivity contribution < 1.29 is 44.3 Å². The number of pyridine rings is 1. The van der Waals surface area contributed by atoms with E-state index >= 15 is 4.39 Å². The molecule has 0 bridgehead atoms. The molecule has 3 rings (SSSR count). The molecule has 0 saturated carbocycles. The van der Waals surface area contributed by atoms with E-state index in [9.17, 15) is 19.5 Å². The van der Waals surface area contributed by atoms with Crippen LogP contribution < -0.4 is 5.73 Å². The Morgan fingerprint density at radius 2 is 1.74 bits per heavy atom. The van der Waals surface area contributed by atoms with Crippen molar-refractivity contribution in [1.29, 1.82) is 0 Å². The Labute approximate surface area is 227 Å². The smallest absolute Gasteiger partial charge is 0.335 e. The number of benzene rings is 1. The summed E-state index contributed by atoms with van der Waals surface area (Å²) in [5.74, 6) is -3.66. The number of carboxylic acid groups (broad SMARTS) is 2.